The monoisotopic (exact) mass is 396 g/mol. The van der Waals surface area contributed by atoms with Crippen molar-refractivity contribution < 1.29 is 19.4 Å². The maximum absolute atomic E-state index is 12.4. The highest BCUT2D eigenvalue weighted by Crippen LogP contribution is 2.41. The fraction of sp³-hybridized carbons (Fsp3) is 0.391. The van der Waals surface area contributed by atoms with E-state index in [2.05, 4.69) is 29.6 Å². The Morgan fingerprint density at radius 2 is 1.69 bits per heavy atom. The average Bonchev–Trinajstić information content (AvgIpc) is 2.74. The predicted octanol–water partition coefficient (Wildman–Crippen LogP) is 2.18. The van der Waals surface area contributed by atoms with E-state index in [1.165, 1.54) is 7.11 Å². The highest BCUT2D eigenvalue weighted by atomic mass is 16.5. The number of amides is 2. The Hall–Kier alpha value is -2.70. The van der Waals surface area contributed by atoms with Gasteiger partial charge in [-0.3, -0.25) is 9.59 Å². The Labute approximate surface area is 171 Å². The summed E-state index contributed by atoms with van der Waals surface area (Å²) in [5.74, 6) is -0.280. The smallest absolute Gasteiger partial charge is 0.246 e. The zero-order valence-electron chi connectivity index (χ0n) is 16.9. The normalized spacial score (nSPS) is 20.8. The van der Waals surface area contributed by atoms with E-state index < -0.39 is 0 Å². The summed E-state index contributed by atoms with van der Waals surface area (Å²) in [5, 5.41) is 12.8. The summed E-state index contributed by atoms with van der Waals surface area (Å²) in [5.41, 5.74) is 3.30. The molecule has 0 bridgehead atoms. The standard InChI is InChI=1S/C23H28N2O4/c1-3-22(28)25-19(13-24-21(27)15-29-2)23(20(25)14-26)18-11-9-17(10-12-18)16-7-5-4-6-8-16/h4-12,19-20,23,26H,3,13-15H2,1-2H3,(H,24,27)/t19-,20-,23+/m1/s1. The van der Waals surface area contributed by atoms with Gasteiger partial charge >= 0.3 is 0 Å². The molecule has 0 saturated carbocycles. The molecular weight excluding hydrogens is 368 g/mol. The van der Waals surface area contributed by atoms with Gasteiger partial charge < -0.3 is 20.1 Å². The van der Waals surface area contributed by atoms with Crippen molar-refractivity contribution >= 4 is 11.8 Å². The van der Waals surface area contributed by atoms with E-state index in [9.17, 15) is 14.7 Å². The van der Waals surface area contributed by atoms with E-state index in [1.54, 1.807) is 11.8 Å². The molecule has 29 heavy (non-hydrogen) atoms. The number of aliphatic hydroxyl groups is 1. The quantitative estimate of drug-likeness (QED) is 0.717. The summed E-state index contributed by atoms with van der Waals surface area (Å²) < 4.78 is 4.86. The molecule has 2 amide bonds. The lowest BCUT2D eigenvalue weighted by Gasteiger charge is -2.55. The van der Waals surface area contributed by atoms with Gasteiger partial charge in [0.1, 0.15) is 6.61 Å². The maximum Gasteiger partial charge on any atom is 0.246 e. The van der Waals surface area contributed by atoms with Gasteiger partial charge in [0.05, 0.1) is 18.7 Å². The Balaban J connectivity index is 1.81. The predicted molar refractivity (Wildman–Crippen MR) is 111 cm³/mol. The number of likely N-dealkylation sites (tertiary alicyclic amines) is 1. The number of hydrogen-bond acceptors (Lipinski definition) is 4. The Morgan fingerprint density at radius 3 is 2.28 bits per heavy atom. The molecule has 1 heterocycles. The highest BCUT2D eigenvalue weighted by Gasteiger charge is 2.50. The fourth-order valence-electron chi connectivity index (χ4n) is 4.10. The van der Waals surface area contributed by atoms with E-state index in [4.69, 9.17) is 4.74 Å². The SMILES string of the molecule is CCC(=O)N1[C@H](CO)[C@@H](c2ccc(-c3ccccc3)cc2)[C@H]1CNC(=O)COC. The van der Waals surface area contributed by atoms with Crippen LogP contribution in [0, 0.1) is 0 Å². The zero-order chi connectivity index (χ0) is 20.8. The average molecular weight is 396 g/mol. The second-order valence-electron chi connectivity index (χ2n) is 7.22. The van der Waals surface area contributed by atoms with Gasteiger partial charge in [-0.2, -0.15) is 0 Å². The summed E-state index contributed by atoms with van der Waals surface area (Å²) >= 11 is 0. The van der Waals surface area contributed by atoms with Crippen molar-refractivity contribution in [2.45, 2.75) is 31.3 Å². The summed E-state index contributed by atoms with van der Waals surface area (Å²) in [6.07, 6.45) is 0.360. The fourth-order valence-corrected chi connectivity index (χ4v) is 4.10. The summed E-state index contributed by atoms with van der Waals surface area (Å²) in [7, 11) is 1.47. The molecule has 1 saturated heterocycles. The van der Waals surface area contributed by atoms with Gasteiger partial charge in [0.15, 0.2) is 0 Å². The number of hydrogen-bond donors (Lipinski definition) is 2. The van der Waals surface area contributed by atoms with Crippen LogP contribution < -0.4 is 5.32 Å². The first-order chi connectivity index (χ1) is 14.1. The molecule has 2 N–H and O–H groups in total. The third-order valence-corrected chi connectivity index (χ3v) is 5.51. The van der Waals surface area contributed by atoms with Crippen LogP contribution in [-0.2, 0) is 14.3 Å². The van der Waals surface area contributed by atoms with Crippen molar-refractivity contribution in [2.75, 3.05) is 26.9 Å². The lowest BCUT2D eigenvalue weighted by atomic mass is 9.74. The number of aliphatic hydroxyl groups excluding tert-OH is 1. The van der Waals surface area contributed by atoms with Gasteiger partial charge in [-0.05, 0) is 16.7 Å². The van der Waals surface area contributed by atoms with Crippen molar-refractivity contribution in [3.05, 3.63) is 60.2 Å². The number of rotatable bonds is 8. The minimum atomic E-state index is -0.283. The van der Waals surface area contributed by atoms with Gasteiger partial charge in [-0.15, -0.1) is 0 Å². The number of methoxy groups -OCH3 is 1. The molecule has 3 atom stereocenters. The number of nitrogens with one attached hydrogen (secondary N) is 1. The van der Waals surface area contributed by atoms with Gasteiger partial charge in [-0.25, -0.2) is 0 Å². The molecule has 2 aromatic rings. The molecule has 1 aliphatic heterocycles. The van der Waals surface area contributed by atoms with Gasteiger partial charge in [0.25, 0.3) is 0 Å². The molecule has 6 heteroatoms. The van der Waals surface area contributed by atoms with Gasteiger partial charge in [0, 0.05) is 26.0 Å². The molecule has 1 aliphatic rings. The topological polar surface area (TPSA) is 78.9 Å². The van der Waals surface area contributed by atoms with Crippen molar-refractivity contribution in [1.29, 1.82) is 0 Å². The van der Waals surface area contributed by atoms with Gasteiger partial charge in [0.2, 0.25) is 11.8 Å². The van der Waals surface area contributed by atoms with Crippen molar-refractivity contribution in [1.82, 2.24) is 10.2 Å². The summed E-state index contributed by atoms with van der Waals surface area (Å²) in [4.78, 5) is 26.0. The molecule has 0 aliphatic carbocycles. The molecule has 3 rings (SSSR count). The third kappa shape index (κ3) is 4.49. The lowest BCUT2D eigenvalue weighted by molar-refractivity contribution is -0.150. The van der Waals surface area contributed by atoms with Crippen molar-refractivity contribution in [3.8, 4) is 11.1 Å². The minimum Gasteiger partial charge on any atom is -0.394 e. The van der Waals surface area contributed by atoms with E-state index in [-0.39, 0.29) is 43.0 Å². The molecule has 2 aromatic carbocycles. The first kappa shape index (κ1) is 21.0. The number of nitrogens with zero attached hydrogens (tertiary/aromatic N) is 1. The number of ether oxygens (including phenoxy) is 1. The van der Waals surface area contributed by atoms with Crippen molar-refractivity contribution in [2.24, 2.45) is 0 Å². The molecule has 1 fully saturated rings. The highest BCUT2D eigenvalue weighted by molar-refractivity contribution is 5.79. The third-order valence-electron chi connectivity index (χ3n) is 5.51. The maximum atomic E-state index is 12.4. The van der Waals surface area contributed by atoms with Crippen LogP contribution in [0.3, 0.4) is 0 Å². The minimum absolute atomic E-state index is 0.0195. The number of carbonyl (C=O) groups excluding carboxylic acids is 2. The summed E-state index contributed by atoms with van der Waals surface area (Å²) in [6, 6.07) is 17.9. The van der Waals surface area contributed by atoms with Crippen LogP contribution in [0.15, 0.2) is 54.6 Å². The lowest BCUT2D eigenvalue weighted by Crippen LogP contribution is -2.68. The Kier molecular flexibility index (Phi) is 7.01. The Morgan fingerprint density at radius 1 is 1.03 bits per heavy atom. The van der Waals surface area contributed by atoms with Crippen LogP contribution in [0.2, 0.25) is 0 Å². The molecule has 0 radical (unpaired) electrons. The molecule has 0 aromatic heterocycles. The second-order valence-corrected chi connectivity index (χ2v) is 7.22. The molecule has 154 valence electrons. The molecule has 0 unspecified atom stereocenters. The van der Waals surface area contributed by atoms with Crippen LogP contribution in [0.4, 0.5) is 0 Å². The number of carbonyl (C=O) groups is 2. The molecule has 6 nitrogen and oxygen atoms in total. The van der Waals surface area contributed by atoms with E-state index in [1.807, 2.05) is 30.3 Å². The van der Waals surface area contributed by atoms with Crippen LogP contribution in [0.1, 0.15) is 24.8 Å². The van der Waals surface area contributed by atoms with Crippen LogP contribution in [-0.4, -0.2) is 60.8 Å². The number of benzene rings is 2. The second kappa shape index (κ2) is 9.67. The van der Waals surface area contributed by atoms with Crippen molar-refractivity contribution in [3.63, 3.8) is 0 Å². The van der Waals surface area contributed by atoms with Crippen LogP contribution >= 0.6 is 0 Å². The first-order valence-electron chi connectivity index (χ1n) is 9.93. The van der Waals surface area contributed by atoms with Gasteiger partial charge in [-0.1, -0.05) is 61.5 Å². The molecule has 0 spiro atoms. The largest absolute Gasteiger partial charge is 0.394 e. The van der Waals surface area contributed by atoms with E-state index in [0.717, 1.165) is 16.7 Å². The summed E-state index contributed by atoms with van der Waals surface area (Å²) in [6.45, 7) is 2.00. The van der Waals surface area contributed by atoms with E-state index >= 15 is 0 Å². The first-order valence-corrected chi connectivity index (χ1v) is 9.93. The molecular formula is C23H28N2O4. The zero-order valence-corrected chi connectivity index (χ0v) is 16.9. The van der Waals surface area contributed by atoms with Crippen LogP contribution in [0.5, 0.6) is 0 Å². The van der Waals surface area contributed by atoms with E-state index in [0.29, 0.717) is 13.0 Å². The Bertz CT molecular complexity index is 823. The van der Waals surface area contributed by atoms with Crippen LogP contribution in [0.25, 0.3) is 11.1 Å².